The first-order valence-electron chi connectivity index (χ1n) is 23.0. The van der Waals surface area contributed by atoms with E-state index in [-0.39, 0.29) is 0 Å². The molecule has 0 aliphatic rings. The van der Waals surface area contributed by atoms with Gasteiger partial charge in [-0.3, -0.25) is 0 Å². The van der Waals surface area contributed by atoms with Crippen molar-refractivity contribution in [2.24, 2.45) is 0 Å². The van der Waals surface area contributed by atoms with Gasteiger partial charge >= 0.3 is 0 Å². The highest BCUT2D eigenvalue weighted by Crippen LogP contribution is 2.48. The Balaban J connectivity index is 1.04. The van der Waals surface area contributed by atoms with Crippen LogP contribution in [0, 0.1) is 6.92 Å². The molecule has 0 fully saturated rings. The number of para-hydroxylation sites is 4. The molecular weight excluding hydrogens is 813 g/mol. The molecule has 0 unspecified atom stereocenters. The van der Waals surface area contributed by atoms with Crippen molar-refractivity contribution < 1.29 is 0 Å². The molecule has 4 nitrogen and oxygen atoms in total. The molecule has 67 heavy (non-hydrogen) atoms. The van der Waals surface area contributed by atoms with Crippen LogP contribution in [0.15, 0.2) is 249 Å². The smallest absolute Gasteiger partial charge is 0.0789 e. The Morgan fingerprint density at radius 1 is 0.299 bits per heavy atom. The summed E-state index contributed by atoms with van der Waals surface area (Å²) in [6.45, 7) is 2.14. The van der Waals surface area contributed by atoms with Crippen LogP contribution in [0.4, 0.5) is 17.1 Å². The van der Waals surface area contributed by atoms with Gasteiger partial charge in [0.2, 0.25) is 0 Å². The van der Waals surface area contributed by atoms with Crippen molar-refractivity contribution in [3.8, 4) is 39.4 Å². The molecule has 0 radical (unpaired) electrons. The van der Waals surface area contributed by atoms with Gasteiger partial charge in [-0.05, 0) is 109 Å². The molecular formula is C63H44N4. The van der Waals surface area contributed by atoms with Crippen molar-refractivity contribution in [3.05, 3.63) is 254 Å². The van der Waals surface area contributed by atoms with Crippen molar-refractivity contribution in [2.45, 2.75) is 6.92 Å². The second-order valence-corrected chi connectivity index (χ2v) is 17.4. The number of aromatic nitrogens is 3. The number of benzene rings is 10. The molecule has 0 N–H and O–H groups in total. The largest absolute Gasteiger partial charge is 0.310 e. The molecule has 316 valence electrons. The van der Waals surface area contributed by atoms with Gasteiger partial charge in [0.15, 0.2) is 0 Å². The highest BCUT2D eigenvalue weighted by atomic mass is 15.1. The van der Waals surface area contributed by atoms with E-state index in [1.165, 1.54) is 76.9 Å². The van der Waals surface area contributed by atoms with E-state index in [0.717, 1.165) is 39.6 Å². The quantitative estimate of drug-likeness (QED) is 0.149. The molecule has 10 aromatic carbocycles. The standard InChI is InChI=1S/C63H44N4/c1-43-30-32-49(33-31-43)65-57-28-16-15-27-53(57)56-42-51(38-41-59(56)65)64(46-22-10-4-11-23-46)48-34-36-50(37-35-48)66-58-29-17-14-26-52(58)54-39-40-55-60(44-18-6-2-7-19-44)61(45-20-8-3-9-21-45)67(63(55)62(54)66)47-24-12-5-13-25-47/h2-42H,1H3. The van der Waals surface area contributed by atoms with Gasteiger partial charge in [0.1, 0.15) is 0 Å². The van der Waals surface area contributed by atoms with Crippen LogP contribution in [0.1, 0.15) is 5.56 Å². The Morgan fingerprint density at radius 3 is 1.45 bits per heavy atom. The fourth-order valence-corrected chi connectivity index (χ4v) is 10.5. The fraction of sp³-hybridized carbons (Fsp3) is 0.0159. The molecule has 0 bridgehead atoms. The summed E-state index contributed by atoms with van der Waals surface area (Å²) in [6.07, 6.45) is 0. The van der Waals surface area contributed by atoms with E-state index in [4.69, 9.17) is 0 Å². The number of rotatable bonds is 8. The van der Waals surface area contributed by atoms with E-state index in [9.17, 15) is 0 Å². The van der Waals surface area contributed by atoms with Crippen LogP contribution in [-0.2, 0) is 0 Å². The number of hydrogen-bond donors (Lipinski definition) is 0. The number of fused-ring (bicyclic) bond motifs is 8. The normalized spacial score (nSPS) is 11.7. The van der Waals surface area contributed by atoms with Gasteiger partial charge < -0.3 is 18.6 Å². The average molecular weight is 857 g/mol. The monoisotopic (exact) mass is 856 g/mol. The lowest BCUT2D eigenvalue weighted by atomic mass is 9.98. The maximum absolute atomic E-state index is 2.50. The van der Waals surface area contributed by atoms with Crippen molar-refractivity contribution >= 4 is 71.6 Å². The summed E-state index contributed by atoms with van der Waals surface area (Å²) in [6, 6.07) is 90.5. The third kappa shape index (κ3) is 6.22. The number of anilines is 3. The van der Waals surface area contributed by atoms with Crippen LogP contribution < -0.4 is 4.90 Å². The van der Waals surface area contributed by atoms with E-state index >= 15 is 0 Å². The Bertz CT molecular complexity index is 3940. The zero-order valence-electron chi connectivity index (χ0n) is 37.0. The van der Waals surface area contributed by atoms with Crippen LogP contribution in [-0.4, -0.2) is 13.7 Å². The van der Waals surface area contributed by atoms with Crippen LogP contribution in [0.2, 0.25) is 0 Å². The summed E-state index contributed by atoms with van der Waals surface area (Å²) >= 11 is 0. The van der Waals surface area contributed by atoms with Gasteiger partial charge in [0.05, 0.1) is 33.3 Å². The molecule has 0 aliphatic carbocycles. The van der Waals surface area contributed by atoms with E-state index in [1.54, 1.807) is 0 Å². The van der Waals surface area contributed by atoms with E-state index in [2.05, 4.69) is 274 Å². The number of aryl methyl sites for hydroxylation is 1. The average Bonchev–Trinajstić information content (AvgIpc) is 4.04. The molecule has 4 heteroatoms. The Kier molecular flexibility index (Phi) is 9.04. The van der Waals surface area contributed by atoms with E-state index in [0.29, 0.717) is 0 Å². The molecule has 0 amide bonds. The van der Waals surface area contributed by atoms with Gasteiger partial charge in [0, 0.05) is 66.6 Å². The minimum absolute atomic E-state index is 1.08. The first kappa shape index (κ1) is 38.6. The molecule has 0 aliphatic heterocycles. The van der Waals surface area contributed by atoms with Gasteiger partial charge in [-0.1, -0.05) is 163 Å². The minimum atomic E-state index is 1.08. The molecule has 0 spiro atoms. The topological polar surface area (TPSA) is 18.0 Å². The second-order valence-electron chi connectivity index (χ2n) is 17.4. The highest BCUT2D eigenvalue weighted by Gasteiger charge is 2.26. The zero-order valence-corrected chi connectivity index (χ0v) is 37.0. The predicted octanol–water partition coefficient (Wildman–Crippen LogP) is 16.9. The molecule has 3 heterocycles. The summed E-state index contributed by atoms with van der Waals surface area (Å²) in [5.41, 5.74) is 18.5. The van der Waals surface area contributed by atoms with Crippen molar-refractivity contribution in [1.29, 1.82) is 0 Å². The van der Waals surface area contributed by atoms with Gasteiger partial charge in [-0.15, -0.1) is 0 Å². The fourth-order valence-electron chi connectivity index (χ4n) is 10.5. The van der Waals surface area contributed by atoms with Gasteiger partial charge in [0.25, 0.3) is 0 Å². The minimum Gasteiger partial charge on any atom is -0.310 e. The lowest BCUT2D eigenvalue weighted by Gasteiger charge is -2.26. The Morgan fingerprint density at radius 2 is 0.761 bits per heavy atom. The van der Waals surface area contributed by atoms with Gasteiger partial charge in [-0.25, -0.2) is 0 Å². The molecule has 0 saturated heterocycles. The number of nitrogens with zero attached hydrogens (tertiary/aromatic N) is 4. The summed E-state index contributed by atoms with van der Waals surface area (Å²) in [4.78, 5) is 2.38. The molecule has 0 atom stereocenters. The lowest BCUT2D eigenvalue weighted by Crippen LogP contribution is -2.10. The summed E-state index contributed by atoms with van der Waals surface area (Å²) in [5.74, 6) is 0. The van der Waals surface area contributed by atoms with E-state index < -0.39 is 0 Å². The second kappa shape index (κ2) is 15.7. The summed E-state index contributed by atoms with van der Waals surface area (Å²) in [5, 5.41) is 6.08. The SMILES string of the molecule is Cc1ccc(-n2c3ccccc3c3cc(N(c4ccccc4)c4ccc(-n5c6ccccc6c6ccc7c(-c8ccccc8)c(-c8ccccc8)n(-c8ccccc8)c7c65)cc4)ccc32)cc1. The van der Waals surface area contributed by atoms with Crippen LogP contribution >= 0.6 is 0 Å². The predicted molar refractivity (Wildman–Crippen MR) is 282 cm³/mol. The number of hydrogen-bond acceptors (Lipinski definition) is 1. The lowest BCUT2D eigenvalue weighted by molar-refractivity contribution is 1.12. The van der Waals surface area contributed by atoms with Crippen LogP contribution in [0.3, 0.4) is 0 Å². The Labute approximate surface area is 389 Å². The molecule has 13 aromatic rings. The van der Waals surface area contributed by atoms with Crippen molar-refractivity contribution in [3.63, 3.8) is 0 Å². The third-order valence-electron chi connectivity index (χ3n) is 13.5. The molecule has 0 saturated carbocycles. The maximum atomic E-state index is 2.50. The molecule has 13 rings (SSSR count). The van der Waals surface area contributed by atoms with E-state index in [1.807, 2.05) is 0 Å². The van der Waals surface area contributed by atoms with Crippen molar-refractivity contribution in [1.82, 2.24) is 13.7 Å². The molecule has 3 aromatic heterocycles. The zero-order chi connectivity index (χ0) is 44.4. The van der Waals surface area contributed by atoms with Gasteiger partial charge in [-0.2, -0.15) is 0 Å². The third-order valence-corrected chi connectivity index (χ3v) is 13.5. The maximum Gasteiger partial charge on any atom is 0.0789 e. The first-order chi connectivity index (χ1) is 33.2. The Hall–Kier alpha value is -8.86. The highest BCUT2D eigenvalue weighted by molar-refractivity contribution is 6.22. The van der Waals surface area contributed by atoms with Crippen LogP contribution in [0.25, 0.3) is 94.0 Å². The van der Waals surface area contributed by atoms with Crippen molar-refractivity contribution in [2.75, 3.05) is 4.90 Å². The van der Waals surface area contributed by atoms with Crippen LogP contribution in [0.5, 0.6) is 0 Å². The summed E-state index contributed by atoms with van der Waals surface area (Å²) in [7, 11) is 0. The summed E-state index contributed by atoms with van der Waals surface area (Å²) < 4.78 is 7.37. The first-order valence-corrected chi connectivity index (χ1v) is 23.0.